The van der Waals surface area contributed by atoms with Crippen molar-refractivity contribution in [2.24, 2.45) is 0 Å². The van der Waals surface area contributed by atoms with Crippen molar-refractivity contribution >= 4 is 7.12 Å². The fourth-order valence-electron chi connectivity index (χ4n) is 2.01. The normalized spacial score (nSPS) is 20.4. The molecule has 14 heavy (non-hydrogen) atoms. The minimum Gasteiger partial charge on any atom is -0.427 e. The minimum absolute atomic E-state index is 0.104. The van der Waals surface area contributed by atoms with Gasteiger partial charge < -0.3 is 10.0 Å². The Bertz CT molecular complexity index is 341. The van der Waals surface area contributed by atoms with Crippen LogP contribution in [0.1, 0.15) is 17.5 Å². The summed E-state index contributed by atoms with van der Waals surface area (Å²) in [5, 5.41) is 18.1. The molecule has 74 valence electrons. The molecular formula is C10H12BFO2. The third-order valence-electron chi connectivity index (χ3n) is 2.86. The van der Waals surface area contributed by atoms with Gasteiger partial charge in [0.2, 0.25) is 0 Å². The molecule has 2 rings (SSSR count). The Labute approximate surface area is 82.5 Å². The van der Waals surface area contributed by atoms with E-state index in [0.717, 1.165) is 17.5 Å². The molecule has 1 aromatic carbocycles. The van der Waals surface area contributed by atoms with E-state index in [1.54, 1.807) is 6.07 Å². The lowest BCUT2D eigenvalue weighted by Crippen LogP contribution is -2.25. The first kappa shape index (κ1) is 9.68. The lowest BCUT2D eigenvalue weighted by molar-refractivity contribution is 0.374. The maximum Gasteiger partial charge on any atom is 0.455 e. The second-order valence-electron chi connectivity index (χ2n) is 3.83. The quantitative estimate of drug-likeness (QED) is 0.658. The van der Waals surface area contributed by atoms with Crippen molar-refractivity contribution in [3.63, 3.8) is 0 Å². The van der Waals surface area contributed by atoms with E-state index in [0.29, 0.717) is 12.8 Å². The predicted octanol–water partition coefficient (Wildman–Crippen LogP) is 1.16. The van der Waals surface area contributed by atoms with Gasteiger partial charge in [-0.3, -0.25) is 0 Å². The molecule has 0 aromatic heterocycles. The van der Waals surface area contributed by atoms with Gasteiger partial charge in [-0.2, -0.15) is 0 Å². The number of rotatable bonds is 1. The van der Waals surface area contributed by atoms with Crippen LogP contribution in [0.3, 0.4) is 0 Å². The number of aryl methyl sites for hydroxylation is 1. The molecule has 0 bridgehead atoms. The molecule has 0 radical (unpaired) electrons. The molecule has 0 saturated heterocycles. The molecule has 1 aliphatic rings. The van der Waals surface area contributed by atoms with Crippen LogP contribution in [0.25, 0.3) is 0 Å². The molecule has 0 amide bonds. The van der Waals surface area contributed by atoms with Crippen LogP contribution in [0, 0.1) is 5.82 Å². The summed E-state index contributed by atoms with van der Waals surface area (Å²) in [6, 6.07) is 4.69. The molecule has 2 nitrogen and oxygen atoms in total. The van der Waals surface area contributed by atoms with Crippen molar-refractivity contribution < 1.29 is 14.4 Å². The van der Waals surface area contributed by atoms with E-state index in [4.69, 9.17) is 10.0 Å². The lowest BCUT2D eigenvalue weighted by atomic mass is 9.64. The van der Waals surface area contributed by atoms with Gasteiger partial charge in [-0.25, -0.2) is 4.39 Å². The largest absolute Gasteiger partial charge is 0.455 e. The first-order valence-electron chi connectivity index (χ1n) is 4.80. The van der Waals surface area contributed by atoms with E-state index >= 15 is 0 Å². The van der Waals surface area contributed by atoms with Gasteiger partial charge in [0.25, 0.3) is 0 Å². The molecule has 0 saturated carbocycles. The highest BCUT2D eigenvalue weighted by Gasteiger charge is 2.27. The summed E-state index contributed by atoms with van der Waals surface area (Å²) in [4.78, 5) is 0. The fourth-order valence-corrected chi connectivity index (χ4v) is 2.01. The summed E-state index contributed by atoms with van der Waals surface area (Å²) in [5.74, 6) is -0.320. The van der Waals surface area contributed by atoms with Crippen LogP contribution in [0.5, 0.6) is 0 Å². The Hall–Kier alpha value is -0.865. The first-order valence-corrected chi connectivity index (χ1v) is 4.80. The van der Waals surface area contributed by atoms with Crippen molar-refractivity contribution in [3.8, 4) is 0 Å². The molecular weight excluding hydrogens is 182 g/mol. The molecule has 2 N–H and O–H groups in total. The highest BCUT2D eigenvalue weighted by Crippen LogP contribution is 2.30. The fraction of sp³-hybridized carbons (Fsp3) is 0.400. The van der Waals surface area contributed by atoms with Gasteiger partial charge in [0.1, 0.15) is 5.82 Å². The van der Waals surface area contributed by atoms with Crippen molar-refractivity contribution in [2.45, 2.75) is 25.1 Å². The summed E-state index contributed by atoms with van der Waals surface area (Å²) < 4.78 is 12.9. The minimum atomic E-state index is -1.26. The topological polar surface area (TPSA) is 40.5 Å². The number of hydrogen-bond donors (Lipinski definition) is 2. The van der Waals surface area contributed by atoms with Crippen LogP contribution >= 0.6 is 0 Å². The molecule has 0 heterocycles. The third-order valence-corrected chi connectivity index (χ3v) is 2.86. The van der Waals surface area contributed by atoms with Crippen LogP contribution in [-0.4, -0.2) is 17.2 Å². The predicted molar refractivity (Wildman–Crippen MR) is 52.4 cm³/mol. The Kier molecular flexibility index (Phi) is 2.57. The van der Waals surface area contributed by atoms with Crippen molar-refractivity contribution in [1.29, 1.82) is 0 Å². The van der Waals surface area contributed by atoms with Crippen LogP contribution < -0.4 is 0 Å². The highest BCUT2D eigenvalue weighted by molar-refractivity contribution is 6.43. The van der Waals surface area contributed by atoms with Gasteiger partial charge in [-0.05, 0) is 48.3 Å². The van der Waals surface area contributed by atoms with Gasteiger partial charge in [0, 0.05) is 0 Å². The van der Waals surface area contributed by atoms with Gasteiger partial charge in [-0.1, -0.05) is 6.07 Å². The van der Waals surface area contributed by atoms with E-state index in [2.05, 4.69) is 0 Å². The molecule has 1 aromatic rings. The standard InChI is InChI=1S/C10H12BFO2/c12-10-4-2-7-5-9(11(13)14)3-1-8(7)6-10/h2,4,6,9,13-14H,1,3,5H2/t9-/m1/s1. The summed E-state index contributed by atoms with van der Waals surface area (Å²) in [7, 11) is -1.26. The van der Waals surface area contributed by atoms with E-state index in [-0.39, 0.29) is 11.6 Å². The maximum absolute atomic E-state index is 12.9. The highest BCUT2D eigenvalue weighted by atomic mass is 19.1. The van der Waals surface area contributed by atoms with Crippen LogP contribution in [0.2, 0.25) is 5.82 Å². The van der Waals surface area contributed by atoms with E-state index in [1.165, 1.54) is 12.1 Å². The monoisotopic (exact) mass is 194 g/mol. The zero-order chi connectivity index (χ0) is 10.1. The molecule has 0 unspecified atom stereocenters. The molecule has 0 spiro atoms. The number of hydrogen-bond acceptors (Lipinski definition) is 2. The van der Waals surface area contributed by atoms with Gasteiger partial charge in [0.05, 0.1) is 0 Å². The molecule has 0 aliphatic heterocycles. The van der Waals surface area contributed by atoms with Crippen molar-refractivity contribution in [1.82, 2.24) is 0 Å². The number of benzene rings is 1. The van der Waals surface area contributed by atoms with Crippen LogP contribution in [-0.2, 0) is 12.8 Å². The van der Waals surface area contributed by atoms with E-state index < -0.39 is 7.12 Å². The summed E-state index contributed by atoms with van der Waals surface area (Å²) in [6.07, 6.45) is 2.08. The van der Waals surface area contributed by atoms with E-state index in [9.17, 15) is 4.39 Å². The average Bonchev–Trinajstić information content (AvgIpc) is 2.16. The zero-order valence-corrected chi connectivity index (χ0v) is 7.78. The Morgan fingerprint density at radius 1 is 1.29 bits per heavy atom. The Morgan fingerprint density at radius 3 is 2.79 bits per heavy atom. The van der Waals surface area contributed by atoms with E-state index in [1.807, 2.05) is 0 Å². The van der Waals surface area contributed by atoms with Crippen molar-refractivity contribution in [2.75, 3.05) is 0 Å². The smallest absolute Gasteiger partial charge is 0.427 e. The average molecular weight is 194 g/mol. The SMILES string of the molecule is OB(O)[C@@H]1CCc2cc(F)ccc2C1. The third kappa shape index (κ3) is 1.81. The Balaban J connectivity index is 2.23. The molecule has 4 heteroatoms. The molecule has 1 aliphatic carbocycles. The molecule has 0 fully saturated rings. The van der Waals surface area contributed by atoms with Gasteiger partial charge in [-0.15, -0.1) is 0 Å². The lowest BCUT2D eigenvalue weighted by Gasteiger charge is -2.23. The number of halogens is 1. The summed E-state index contributed by atoms with van der Waals surface area (Å²) in [6.45, 7) is 0. The van der Waals surface area contributed by atoms with Crippen LogP contribution in [0.4, 0.5) is 4.39 Å². The summed E-state index contributed by atoms with van der Waals surface area (Å²) >= 11 is 0. The van der Waals surface area contributed by atoms with Gasteiger partial charge in [0.15, 0.2) is 0 Å². The maximum atomic E-state index is 12.9. The van der Waals surface area contributed by atoms with Crippen molar-refractivity contribution in [3.05, 3.63) is 35.1 Å². The van der Waals surface area contributed by atoms with Crippen LogP contribution in [0.15, 0.2) is 18.2 Å². The zero-order valence-electron chi connectivity index (χ0n) is 7.78. The number of fused-ring (bicyclic) bond motifs is 1. The summed E-state index contributed by atoms with van der Waals surface area (Å²) in [5.41, 5.74) is 2.04. The first-order chi connectivity index (χ1) is 6.66. The second kappa shape index (κ2) is 3.71. The van der Waals surface area contributed by atoms with Gasteiger partial charge >= 0.3 is 7.12 Å². The second-order valence-corrected chi connectivity index (χ2v) is 3.83. The Morgan fingerprint density at radius 2 is 2.07 bits per heavy atom. The molecule has 1 atom stereocenters.